The van der Waals surface area contributed by atoms with Crippen molar-refractivity contribution in [2.24, 2.45) is 0 Å². The summed E-state index contributed by atoms with van der Waals surface area (Å²) in [5.74, 6) is 1.93. The lowest BCUT2D eigenvalue weighted by atomic mass is 10.0. The second kappa shape index (κ2) is 7.78. The molecule has 1 aromatic carbocycles. The van der Waals surface area contributed by atoms with Crippen molar-refractivity contribution in [3.63, 3.8) is 0 Å². The highest BCUT2D eigenvalue weighted by Gasteiger charge is 2.13. The molecule has 21 heavy (non-hydrogen) atoms. The number of rotatable bonds is 8. The van der Waals surface area contributed by atoms with Crippen molar-refractivity contribution >= 4 is 0 Å². The molecular formula is C16H24N4O. The highest BCUT2D eigenvalue weighted by atomic mass is 16.5. The average Bonchev–Trinajstić information content (AvgIpc) is 2.95. The minimum absolute atomic E-state index is 0.359. The van der Waals surface area contributed by atoms with E-state index in [1.165, 1.54) is 5.56 Å². The fraction of sp³-hybridized carbons (Fsp3) is 0.500. The number of benzene rings is 1. The van der Waals surface area contributed by atoms with E-state index in [9.17, 15) is 0 Å². The summed E-state index contributed by atoms with van der Waals surface area (Å²) in [6, 6.07) is 8.61. The van der Waals surface area contributed by atoms with Crippen molar-refractivity contribution in [1.29, 1.82) is 0 Å². The lowest BCUT2D eigenvalue weighted by molar-refractivity contribution is 0.414. The van der Waals surface area contributed by atoms with E-state index in [4.69, 9.17) is 4.74 Å². The summed E-state index contributed by atoms with van der Waals surface area (Å²) < 4.78 is 7.16. The molecule has 1 atom stereocenters. The maximum absolute atomic E-state index is 5.20. The number of aryl methyl sites for hydroxylation is 1. The minimum atomic E-state index is 0.359. The first-order chi connectivity index (χ1) is 10.3. The van der Waals surface area contributed by atoms with E-state index in [0.29, 0.717) is 6.04 Å². The first-order valence-corrected chi connectivity index (χ1v) is 7.49. The summed E-state index contributed by atoms with van der Waals surface area (Å²) >= 11 is 0. The van der Waals surface area contributed by atoms with Gasteiger partial charge in [0.25, 0.3) is 0 Å². The molecule has 0 saturated carbocycles. The van der Waals surface area contributed by atoms with Crippen molar-refractivity contribution in [1.82, 2.24) is 20.1 Å². The van der Waals surface area contributed by atoms with Crippen molar-refractivity contribution < 1.29 is 4.74 Å². The molecule has 0 bridgehead atoms. The third-order valence-corrected chi connectivity index (χ3v) is 3.56. The Morgan fingerprint density at radius 3 is 2.57 bits per heavy atom. The molecule has 1 unspecified atom stereocenters. The van der Waals surface area contributed by atoms with Crippen LogP contribution in [0, 0.1) is 0 Å². The summed E-state index contributed by atoms with van der Waals surface area (Å²) in [5.41, 5.74) is 1.30. The van der Waals surface area contributed by atoms with Crippen LogP contribution in [0.15, 0.2) is 30.6 Å². The predicted octanol–water partition coefficient (Wildman–Crippen LogP) is 2.07. The number of likely N-dealkylation sites (N-methyl/N-ethyl adjacent to an activating group) is 1. The second-order valence-corrected chi connectivity index (χ2v) is 5.00. The second-order valence-electron chi connectivity index (χ2n) is 5.00. The monoisotopic (exact) mass is 288 g/mol. The van der Waals surface area contributed by atoms with Crippen molar-refractivity contribution in [3.8, 4) is 5.75 Å². The zero-order valence-corrected chi connectivity index (χ0v) is 13.0. The van der Waals surface area contributed by atoms with Gasteiger partial charge >= 0.3 is 0 Å². The van der Waals surface area contributed by atoms with Gasteiger partial charge in [0.15, 0.2) is 0 Å². The number of ether oxygens (including phenoxy) is 1. The van der Waals surface area contributed by atoms with Gasteiger partial charge < -0.3 is 10.1 Å². The Bertz CT molecular complexity index is 535. The van der Waals surface area contributed by atoms with E-state index in [1.807, 2.05) is 16.8 Å². The predicted molar refractivity (Wildman–Crippen MR) is 83.6 cm³/mol. The third kappa shape index (κ3) is 4.29. The average molecular weight is 288 g/mol. The molecule has 1 aromatic heterocycles. The highest BCUT2D eigenvalue weighted by molar-refractivity contribution is 5.27. The van der Waals surface area contributed by atoms with Crippen LogP contribution < -0.4 is 10.1 Å². The van der Waals surface area contributed by atoms with Gasteiger partial charge in [0.2, 0.25) is 0 Å². The summed E-state index contributed by atoms with van der Waals surface area (Å²) in [7, 11) is 1.69. The van der Waals surface area contributed by atoms with Crippen molar-refractivity contribution in [3.05, 3.63) is 42.0 Å². The number of nitrogens with zero attached hydrogens (tertiary/aromatic N) is 3. The molecule has 2 rings (SSSR count). The molecule has 1 N–H and O–H groups in total. The lowest BCUT2D eigenvalue weighted by Crippen LogP contribution is -2.34. The normalized spacial score (nSPS) is 12.3. The molecule has 0 aliphatic carbocycles. The fourth-order valence-corrected chi connectivity index (χ4v) is 2.48. The van der Waals surface area contributed by atoms with Gasteiger partial charge in [0, 0.05) is 19.0 Å². The van der Waals surface area contributed by atoms with Crippen LogP contribution in [0.25, 0.3) is 0 Å². The molecule has 0 fully saturated rings. The van der Waals surface area contributed by atoms with Gasteiger partial charge in [-0.25, -0.2) is 4.98 Å². The van der Waals surface area contributed by atoms with Crippen LogP contribution in [0.5, 0.6) is 5.75 Å². The van der Waals surface area contributed by atoms with E-state index in [-0.39, 0.29) is 0 Å². The molecule has 0 amide bonds. The Morgan fingerprint density at radius 2 is 1.95 bits per heavy atom. The van der Waals surface area contributed by atoms with E-state index in [2.05, 4.69) is 41.4 Å². The molecular weight excluding hydrogens is 264 g/mol. The van der Waals surface area contributed by atoms with Gasteiger partial charge in [-0.3, -0.25) is 4.68 Å². The molecule has 1 heterocycles. The Kier molecular flexibility index (Phi) is 5.75. The lowest BCUT2D eigenvalue weighted by Gasteiger charge is -2.18. The van der Waals surface area contributed by atoms with Gasteiger partial charge in [-0.05, 0) is 37.6 Å². The molecule has 114 valence electrons. The van der Waals surface area contributed by atoms with Gasteiger partial charge in [0.1, 0.15) is 17.9 Å². The van der Waals surface area contributed by atoms with E-state index < -0.39 is 0 Å². The Morgan fingerprint density at radius 1 is 1.19 bits per heavy atom. The van der Waals surface area contributed by atoms with Gasteiger partial charge in [0.05, 0.1) is 7.11 Å². The third-order valence-electron chi connectivity index (χ3n) is 3.56. The minimum Gasteiger partial charge on any atom is -0.497 e. The molecule has 0 aliphatic heterocycles. The standard InChI is InChI=1S/C16H24N4O/c1-4-17-14(11-16-18-12-19-20(16)5-2)10-13-6-8-15(21-3)9-7-13/h6-9,12,14,17H,4-5,10-11H2,1-3H3. The topological polar surface area (TPSA) is 52.0 Å². The van der Waals surface area contributed by atoms with Gasteiger partial charge in [-0.15, -0.1) is 0 Å². The quantitative estimate of drug-likeness (QED) is 0.808. The maximum atomic E-state index is 5.20. The van der Waals surface area contributed by atoms with E-state index in [1.54, 1.807) is 13.4 Å². The zero-order valence-electron chi connectivity index (χ0n) is 13.0. The highest BCUT2D eigenvalue weighted by Crippen LogP contribution is 2.14. The zero-order chi connectivity index (χ0) is 15.1. The number of methoxy groups -OCH3 is 1. The number of aromatic nitrogens is 3. The Labute approximate surface area is 126 Å². The summed E-state index contributed by atoms with van der Waals surface area (Å²) in [5, 5.41) is 7.78. The molecule has 2 aromatic rings. The molecule has 0 aliphatic rings. The molecule has 5 heteroatoms. The summed E-state index contributed by atoms with van der Waals surface area (Å²) in [6.45, 7) is 6.02. The van der Waals surface area contributed by atoms with Crippen molar-refractivity contribution in [2.45, 2.75) is 39.3 Å². The van der Waals surface area contributed by atoms with Crippen LogP contribution >= 0.6 is 0 Å². The molecule has 0 spiro atoms. The van der Waals surface area contributed by atoms with Crippen LogP contribution in [0.2, 0.25) is 0 Å². The van der Waals surface area contributed by atoms with Crippen LogP contribution in [-0.2, 0) is 19.4 Å². The van der Waals surface area contributed by atoms with Crippen molar-refractivity contribution in [2.75, 3.05) is 13.7 Å². The van der Waals surface area contributed by atoms with Crippen LogP contribution in [0.4, 0.5) is 0 Å². The number of hydrogen-bond acceptors (Lipinski definition) is 4. The first-order valence-electron chi connectivity index (χ1n) is 7.49. The largest absolute Gasteiger partial charge is 0.497 e. The van der Waals surface area contributed by atoms with Gasteiger partial charge in [-0.2, -0.15) is 5.10 Å². The van der Waals surface area contributed by atoms with Crippen LogP contribution in [0.1, 0.15) is 25.2 Å². The number of hydrogen-bond donors (Lipinski definition) is 1. The summed E-state index contributed by atoms with van der Waals surface area (Å²) in [4.78, 5) is 4.37. The van der Waals surface area contributed by atoms with Crippen LogP contribution in [0.3, 0.4) is 0 Å². The molecule has 5 nitrogen and oxygen atoms in total. The smallest absolute Gasteiger partial charge is 0.138 e. The van der Waals surface area contributed by atoms with E-state index in [0.717, 1.165) is 37.5 Å². The molecule has 0 radical (unpaired) electrons. The Balaban J connectivity index is 2.04. The van der Waals surface area contributed by atoms with Gasteiger partial charge in [-0.1, -0.05) is 19.1 Å². The SMILES string of the molecule is CCNC(Cc1ccc(OC)cc1)Cc1ncnn1CC. The number of nitrogens with one attached hydrogen (secondary N) is 1. The summed E-state index contributed by atoms with van der Waals surface area (Å²) in [6.07, 6.45) is 3.48. The fourth-order valence-electron chi connectivity index (χ4n) is 2.48. The Hall–Kier alpha value is -1.88. The maximum Gasteiger partial charge on any atom is 0.138 e. The molecule has 0 saturated heterocycles. The van der Waals surface area contributed by atoms with Crippen LogP contribution in [-0.4, -0.2) is 34.5 Å². The van der Waals surface area contributed by atoms with E-state index >= 15 is 0 Å². The first kappa shape index (κ1) is 15.5.